The molecule has 0 radical (unpaired) electrons. The van der Waals surface area contributed by atoms with E-state index in [9.17, 15) is 13.2 Å². The van der Waals surface area contributed by atoms with Gasteiger partial charge in [-0.25, -0.2) is 0 Å². The summed E-state index contributed by atoms with van der Waals surface area (Å²) in [6.45, 7) is 4.18. The highest BCUT2D eigenvalue weighted by Crippen LogP contribution is 2.34. The van der Waals surface area contributed by atoms with Crippen molar-refractivity contribution < 1.29 is 22.2 Å². The Morgan fingerprint density at radius 1 is 0.812 bits per heavy atom. The average molecular weight is 445 g/mol. The number of hydrogen-bond donors (Lipinski definition) is 0. The van der Waals surface area contributed by atoms with Crippen LogP contribution in [0.3, 0.4) is 0 Å². The maximum absolute atomic E-state index is 13.1. The molecule has 0 saturated carbocycles. The van der Waals surface area contributed by atoms with Crippen LogP contribution in [0.5, 0.6) is 5.75 Å². The molecule has 0 fully saturated rings. The normalized spacial score (nSPS) is 13.8. The third kappa shape index (κ3) is 3.80. The molecule has 0 unspecified atom stereocenters. The van der Waals surface area contributed by atoms with Gasteiger partial charge in [0, 0.05) is 16.5 Å². The molecule has 0 atom stereocenters. The Balaban J connectivity index is 1.66. The zero-order valence-corrected chi connectivity index (χ0v) is 18.3. The van der Waals surface area contributed by atoms with Crippen molar-refractivity contribution in [1.29, 1.82) is 0 Å². The maximum Gasteiger partial charge on any atom is 0.364 e. The van der Waals surface area contributed by atoms with Crippen LogP contribution in [-0.4, -0.2) is 24.7 Å². The van der Waals surface area contributed by atoms with Gasteiger partial charge in [0.1, 0.15) is 10.7 Å². The number of Topliss-reactive ketones (excluding diaryl/α,β-unsaturated/α-hetero) is 1. The fourth-order valence-corrected chi connectivity index (χ4v) is 4.86. The van der Waals surface area contributed by atoms with Gasteiger partial charge in [0.25, 0.3) is 5.78 Å². The first-order chi connectivity index (χ1) is 15.2. The number of nitrogens with zero attached hydrogens (tertiary/aromatic N) is 2. The molecule has 0 bridgehead atoms. The Kier molecular flexibility index (Phi) is 5.38. The molecule has 32 heavy (non-hydrogen) atoms. The Labute approximate surface area is 186 Å². The van der Waals surface area contributed by atoms with E-state index >= 15 is 0 Å². The summed E-state index contributed by atoms with van der Waals surface area (Å²) in [7, 11) is -4.30. The van der Waals surface area contributed by atoms with Gasteiger partial charge in [-0.15, -0.1) is 0 Å². The van der Waals surface area contributed by atoms with E-state index in [1.165, 1.54) is 12.1 Å². The van der Waals surface area contributed by atoms with Crippen molar-refractivity contribution in [3.8, 4) is 5.75 Å². The number of carbonyl (C=O) groups excluding carboxylic acids is 1. The number of allylic oxidation sites excluding steroid dienone is 1. The second kappa shape index (κ2) is 8.04. The van der Waals surface area contributed by atoms with Crippen LogP contribution in [0.25, 0.3) is 10.4 Å². The predicted molar refractivity (Wildman–Crippen MR) is 122 cm³/mol. The van der Waals surface area contributed by atoms with Crippen molar-refractivity contribution in [2.24, 2.45) is 0 Å². The van der Waals surface area contributed by atoms with Crippen molar-refractivity contribution in [1.82, 2.24) is 0 Å². The largest absolute Gasteiger partial charge is 0.379 e. The topological polar surface area (TPSA) is 96.8 Å². The third-order valence-electron chi connectivity index (χ3n) is 5.59. The molecule has 0 amide bonds. The van der Waals surface area contributed by atoms with Gasteiger partial charge >= 0.3 is 15.8 Å². The Hall–Kier alpha value is -3.80. The minimum absolute atomic E-state index is 0.130. The molecule has 1 aliphatic carbocycles. The molecular weight excluding hydrogens is 424 g/mol. The molecule has 0 aromatic heterocycles. The number of carbonyl (C=O) groups is 1. The van der Waals surface area contributed by atoms with Gasteiger partial charge in [-0.3, -0.25) is 4.79 Å². The lowest BCUT2D eigenvalue weighted by Gasteiger charge is -2.26. The Morgan fingerprint density at radius 2 is 1.38 bits per heavy atom. The molecule has 6 nitrogen and oxygen atoms in total. The minimum Gasteiger partial charge on any atom is -0.379 e. The first-order valence-electron chi connectivity index (χ1n) is 9.92. The zero-order valence-electron chi connectivity index (χ0n) is 17.5. The van der Waals surface area contributed by atoms with Gasteiger partial charge in [-0.1, -0.05) is 80.6 Å². The van der Waals surface area contributed by atoms with Gasteiger partial charge in [-0.05, 0) is 23.3 Å². The smallest absolute Gasteiger partial charge is 0.364 e. The maximum atomic E-state index is 13.1. The van der Waals surface area contributed by atoms with Crippen molar-refractivity contribution in [2.45, 2.75) is 19.3 Å². The lowest BCUT2D eigenvalue weighted by atomic mass is 9.78. The van der Waals surface area contributed by atoms with Gasteiger partial charge < -0.3 is 9.71 Å². The molecule has 4 rings (SSSR count). The van der Waals surface area contributed by atoms with Crippen LogP contribution in [0.15, 0.2) is 84.9 Å². The molecule has 0 aliphatic heterocycles. The first kappa shape index (κ1) is 21.4. The highest BCUT2D eigenvalue weighted by Gasteiger charge is 2.36. The fourth-order valence-electron chi connectivity index (χ4n) is 3.70. The Morgan fingerprint density at radius 3 is 2.00 bits per heavy atom. The van der Waals surface area contributed by atoms with Gasteiger partial charge in [-0.2, -0.15) is 13.2 Å². The molecule has 0 N–H and O–H groups in total. The van der Waals surface area contributed by atoms with E-state index in [2.05, 4.69) is 18.6 Å². The molecule has 1 aliphatic rings. The van der Waals surface area contributed by atoms with Crippen LogP contribution in [0.4, 0.5) is 0 Å². The van der Waals surface area contributed by atoms with Crippen molar-refractivity contribution in [3.05, 3.63) is 113 Å². The molecule has 3 aromatic rings. The van der Waals surface area contributed by atoms with Crippen molar-refractivity contribution in [3.63, 3.8) is 0 Å². The summed E-state index contributed by atoms with van der Waals surface area (Å²) in [5, 5.41) is 0. The molecule has 160 valence electrons. The minimum atomic E-state index is -4.30. The van der Waals surface area contributed by atoms with E-state index in [0.717, 1.165) is 17.2 Å². The molecule has 7 heteroatoms. The highest BCUT2D eigenvalue weighted by atomic mass is 32.2. The summed E-state index contributed by atoms with van der Waals surface area (Å²) >= 11 is 0. The van der Waals surface area contributed by atoms with Crippen LogP contribution < -0.4 is 4.18 Å². The molecule has 0 spiro atoms. The summed E-state index contributed by atoms with van der Waals surface area (Å²) in [4.78, 5) is 15.1. The van der Waals surface area contributed by atoms with Gasteiger partial charge in [0.15, 0.2) is 0 Å². The average Bonchev–Trinajstić information content (AvgIpc) is 2.80. The lowest BCUT2D eigenvalue weighted by molar-refractivity contribution is -0.00437. The summed E-state index contributed by atoms with van der Waals surface area (Å²) < 4.78 is 31.5. The van der Waals surface area contributed by atoms with E-state index in [1.807, 2.05) is 42.5 Å². The number of ketones is 1. The number of rotatable bonds is 5. The number of hydrogen-bond acceptors (Lipinski definition) is 4. The van der Waals surface area contributed by atoms with Gasteiger partial charge in [0.2, 0.25) is 0 Å². The summed E-state index contributed by atoms with van der Waals surface area (Å²) in [6, 6.07) is 23.1. The van der Waals surface area contributed by atoms with Crippen LogP contribution in [0.2, 0.25) is 0 Å². The summed E-state index contributed by atoms with van der Waals surface area (Å²) in [6.07, 6.45) is 1.02. The van der Waals surface area contributed by atoms with E-state index in [1.54, 1.807) is 24.3 Å². The quantitative estimate of drug-likeness (QED) is 0.326. The molecular formula is C25H20N2O4S. The highest BCUT2D eigenvalue weighted by molar-refractivity contribution is 7.96. The summed E-state index contributed by atoms with van der Waals surface area (Å²) in [5.74, 6) is -0.426. The van der Waals surface area contributed by atoms with Crippen LogP contribution in [0, 0.1) is 0 Å². The standard InChI is InChI=1S/C25H20N2O4S/c1-25(2,17-8-4-3-5-9-17)18-12-14-19(15-13-18)31-32(29,30)23-16-22(27-26)24(28)21-11-7-6-10-20(21)23/h3-16H,1-2H3. The Bertz CT molecular complexity index is 1380. The lowest BCUT2D eigenvalue weighted by Crippen LogP contribution is -2.24. The van der Waals surface area contributed by atoms with Crippen LogP contribution >= 0.6 is 0 Å². The van der Waals surface area contributed by atoms with E-state index in [-0.39, 0.29) is 32.9 Å². The zero-order chi connectivity index (χ0) is 22.9. The predicted octanol–water partition coefficient (Wildman–Crippen LogP) is 4.63. The SMILES string of the molecule is CC(C)(c1ccccc1)c1ccc(OS(=O)(=O)C2=CC(=[N+]=[N-])C(=O)c3ccccc32)cc1. The monoisotopic (exact) mass is 444 g/mol. The number of fused-ring (bicyclic) bond motifs is 1. The van der Waals surface area contributed by atoms with Gasteiger partial charge in [0.05, 0.1) is 6.08 Å². The second-order valence-electron chi connectivity index (χ2n) is 7.92. The molecule has 0 saturated heterocycles. The second-order valence-corrected chi connectivity index (χ2v) is 9.44. The van der Waals surface area contributed by atoms with Crippen molar-refractivity contribution >= 4 is 26.5 Å². The van der Waals surface area contributed by atoms with Crippen molar-refractivity contribution in [2.75, 3.05) is 0 Å². The first-order valence-corrected chi connectivity index (χ1v) is 11.3. The molecule has 3 aromatic carbocycles. The van der Waals surface area contributed by atoms with E-state index in [4.69, 9.17) is 9.71 Å². The van der Waals surface area contributed by atoms with Crippen LogP contribution in [-0.2, 0) is 15.5 Å². The van der Waals surface area contributed by atoms with Crippen LogP contribution in [0.1, 0.15) is 40.9 Å². The third-order valence-corrected chi connectivity index (χ3v) is 6.88. The fraction of sp³-hybridized carbons (Fsp3) is 0.120. The van der Waals surface area contributed by atoms with E-state index < -0.39 is 15.9 Å². The van der Waals surface area contributed by atoms with E-state index in [0.29, 0.717) is 0 Å². The molecule has 0 heterocycles. The summed E-state index contributed by atoms with van der Waals surface area (Å²) in [5.41, 5.74) is 11.0. The number of benzene rings is 3.